The molecule has 0 unspecified atom stereocenters. The maximum absolute atomic E-state index is 13.5. The second-order valence-electron chi connectivity index (χ2n) is 9.12. The van der Waals surface area contributed by atoms with E-state index in [2.05, 4.69) is 30.2 Å². The van der Waals surface area contributed by atoms with Crippen LogP contribution in [0.1, 0.15) is 68.4 Å². The van der Waals surface area contributed by atoms with Crippen LogP contribution in [0.15, 0.2) is 52.2 Å². The highest BCUT2D eigenvalue weighted by Gasteiger charge is 2.26. The number of carbonyl (C=O) groups excluding carboxylic acids is 1. The van der Waals surface area contributed by atoms with Crippen molar-refractivity contribution in [1.29, 1.82) is 0 Å². The number of aromatic nitrogens is 2. The van der Waals surface area contributed by atoms with Crippen LogP contribution in [0.25, 0.3) is 10.9 Å². The topological polar surface area (TPSA) is 81.1 Å². The minimum absolute atomic E-state index is 0.0775. The van der Waals surface area contributed by atoms with Crippen LogP contribution in [0.5, 0.6) is 0 Å². The molecule has 0 radical (unpaired) electrons. The number of hydrogen-bond acceptors (Lipinski definition) is 4. The minimum Gasteiger partial charge on any atom is -0.344 e. The Hall–Kier alpha value is -2.03. The lowest BCUT2D eigenvalue weighted by molar-refractivity contribution is 0.104. The quantitative estimate of drug-likeness (QED) is 0.382. The van der Waals surface area contributed by atoms with E-state index in [0.717, 1.165) is 28.3 Å². The molecule has 1 N–H and O–H groups in total. The molecule has 1 aromatic carbocycles. The molecule has 0 bridgehead atoms. The van der Waals surface area contributed by atoms with Crippen LogP contribution in [-0.4, -0.2) is 29.3 Å². The third-order valence-electron chi connectivity index (χ3n) is 5.50. The molecule has 2 aromatic heterocycles. The van der Waals surface area contributed by atoms with Crippen molar-refractivity contribution in [1.82, 2.24) is 14.3 Å². The molecule has 1 fully saturated rings. The number of carbonyl (C=O) groups is 1. The number of benzene rings is 1. The minimum atomic E-state index is -3.74. The normalized spacial score (nSPS) is 15.6. The van der Waals surface area contributed by atoms with Gasteiger partial charge in [-0.2, -0.15) is 0 Å². The molecule has 4 rings (SSSR count). The summed E-state index contributed by atoms with van der Waals surface area (Å²) in [6.45, 7) is 5.34. The first-order chi connectivity index (χ1) is 14.5. The Bertz CT molecular complexity index is 1250. The average Bonchev–Trinajstić information content (AvgIpc) is 3.33. The van der Waals surface area contributed by atoms with Crippen molar-refractivity contribution in [3.8, 4) is 0 Å². The molecule has 1 aliphatic rings. The molecule has 31 heavy (non-hydrogen) atoms. The Morgan fingerprint density at radius 2 is 1.90 bits per heavy atom. The molecule has 0 aliphatic heterocycles. The molecular formula is C23H26BrN3O3S. The molecule has 0 spiro atoms. The van der Waals surface area contributed by atoms with Gasteiger partial charge < -0.3 is 4.57 Å². The van der Waals surface area contributed by atoms with Gasteiger partial charge in [0.15, 0.2) is 5.78 Å². The number of pyridine rings is 1. The first-order valence-electron chi connectivity index (χ1n) is 10.4. The fraction of sp³-hybridized carbons (Fsp3) is 0.391. The zero-order valence-electron chi connectivity index (χ0n) is 17.9. The van der Waals surface area contributed by atoms with Crippen LogP contribution in [0.2, 0.25) is 0 Å². The predicted molar refractivity (Wildman–Crippen MR) is 125 cm³/mol. The van der Waals surface area contributed by atoms with Gasteiger partial charge in [0, 0.05) is 40.5 Å². The molecule has 0 amide bonds. The van der Waals surface area contributed by atoms with Gasteiger partial charge >= 0.3 is 0 Å². The van der Waals surface area contributed by atoms with E-state index in [1.165, 1.54) is 25.0 Å². The highest BCUT2D eigenvalue weighted by molar-refractivity contribution is 9.10. The summed E-state index contributed by atoms with van der Waals surface area (Å²) in [5.41, 5.74) is 1.23. The average molecular weight is 504 g/mol. The van der Waals surface area contributed by atoms with Crippen molar-refractivity contribution >= 4 is 42.6 Å². The van der Waals surface area contributed by atoms with Gasteiger partial charge in [-0.15, -0.1) is 0 Å². The van der Waals surface area contributed by atoms with E-state index >= 15 is 0 Å². The Balaban J connectivity index is 1.77. The number of halogens is 1. The second kappa shape index (κ2) is 8.15. The molecule has 0 saturated heterocycles. The van der Waals surface area contributed by atoms with Gasteiger partial charge in [-0.25, -0.2) is 18.1 Å². The summed E-state index contributed by atoms with van der Waals surface area (Å²) in [4.78, 5) is 17.9. The van der Waals surface area contributed by atoms with Gasteiger partial charge in [0.25, 0.3) is 0 Å². The maximum Gasteiger partial charge on any atom is 0.241 e. The fourth-order valence-electron chi connectivity index (χ4n) is 4.21. The van der Waals surface area contributed by atoms with E-state index < -0.39 is 15.6 Å². The molecule has 2 heterocycles. The summed E-state index contributed by atoms with van der Waals surface area (Å²) in [7, 11) is -3.74. The largest absolute Gasteiger partial charge is 0.344 e. The Kier molecular flexibility index (Phi) is 5.83. The fourth-order valence-corrected chi connectivity index (χ4v) is 5.99. The van der Waals surface area contributed by atoms with Crippen molar-refractivity contribution < 1.29 is 13.2 Å². The maximum atomic E-state index is 13.5. The molecule has 164 valence electrons. The summed E-state index contributed by atoms with van der Waals surface area (Å²) in [6, 6.07) is 8.52. The number of fused-ring (bicyclic) bond motifs is 1. The SMILES string of the molecule is CC(C)(C)NS(=O)(=O)c1cccc(C(=O)c2cn(C3CCCC3)c3cc(Br)ncc23)c1. The predicted octanol–water partition coefficient (Wildman–Crippen LogP) is 5.22. The number of nitrogens with zero attached hydrogens (tertiary/aromatic N) is 2. The van der Waals surface area contributed by atoms with E-state index in [0.29, 0.717) is 17.2 Å². The molecular weight excluding hydrogens is 478 g/mol. The van der Waals surface area contributed by atoms with Gasteiger partial charge in [-0.3, -0.25) is 4.79 Å². The molecule has 3 aromatic rings. The van der Waals surface area contributed by atoms with E-state index in [1.807, 2.05) is 12.3 Å². The van der Waals surface area contributed by atoms with E-state index in [1.54, 1.807) is 39.1 Å². The standard InChI is InChI=1S/C23H26BrN3O3S/c1-23(2,3)26-31(29,30)17-10-6-7-15(11-17)22(28)19-14-27(16-8-4-5-9-16)20-12-21(24)25-13-18(19)20/h6-7,10-14,16,26H,4-5,8-9H2,1-3H3. The Labute approximate surface area is 191 Å². The zero-order valence-corrected chi connectivity index (χ0v) is 20.3. The van der Waals surface area contributed by atoms with Gasteiger partial charge in [0.05, 0.1) is 10.4 Å². The monoisotopic (exact) mass is 503 g/mol. The van der Waals surface area contributed by atoms with Crippen molar-refractivity contribution in [2.24, 2.45) is 0 Å². The van der Waals surface area contributed by atoms with Crippen LogP contribution in [0.4, 0.5) is 0 Å². The van der Waals surface area contributed by atoms with Crippen molar-refractivity contribution in [2.45, 2.75) is 62.9 Å². The first kappa shape index (κ1) is 22.2. The first-order valence-corrected chi connectivity index (χ1v) is 12.7. The summed E-state index contributed by atoms with van der Waals surface area (Å²) < 4.78 is 31.0. The molecule has 1 aliphatic carbocycles. The third-order valence-corrected chi connectivity index (χ3v) is 7.68. The van der Waals surface area contributed by atoms with E-state index in [9.17, 15) is 13.2 Å². The van der Waals surface area contributed by atoms with Crippen LogP contribution in [0, 0.1) is 0 Å². The summed E-state index contributed by atoms with van der Waals surface area (Å²) >= 11 is 3.44. The van der Waals surface area contributed by atoms with Gasteiger partial charge in [0.2, 0.25) is 10.0 Å². The van der Waals surface area contributed by atoms with Crippen LogP contribution >= 0.6 is 15.9 Å². The highest BCUT2D eigenvalue weighted by atomic mass is 79.9. The molecule has 1 saturated carbocycles. The summed E-state index contributed by atoms with van der Waals surface area (Å²) in [5.74, 6) is -0.210. The second-order valence-corrected chi connectivity index (χ2v) is 11.6. The number of nitrogens with one attached hydrogen (secondary N) is 1. The number of ketones is 1. The van der Waals surface area contributed by atoms with Gasteiger partial charge in [0.1, 0.15) is 4.60 Å². The van der Waals surface area contributed by atoms with Crippen LogP contribution < -0.4 is 4.72 Å². The number of hydrogen-bond donors (Lipinski definition) is 1. The lowest BCUT2D eigenvalue weighted by atomic mass is 10.0. The summed E-state index contributed by atoms with van der Waals surface area (Å²) in [6.07, 6.45) is 8.15. The lowest BCUT2D eigenvalue weighted by Gasteiger charge is -2.20. The van der Waals surface area contributed by atoms with Crippen LogP contribution in [0.3, 0.4) is 0 Å². The molecule has 8 heteroatoms. The zero-order chi connectivity index (χ0) is 22.4. The smallest absolute Gasteiger partial charge is 0.241 e. The van der Waals surface area contributed by atoms with Crippen LogP contribution in [-0.2, 0) is 10.0 Å². The third kappa shape index (κ3) is 4.61. The lowest BCUT2D eigenvalue weighted by Crippen LogP contribution is -2.40. The van der Waals surface area contributed by atoms with E-state index in [-0.39, 0.29) is 10.7 Å². The van der Waals surface area contributed by atoms with Gasteiger partial charge in [-0.1, -0.05) is 25.0 Å². The summed E-state index contributed by atoms with van der Waals surface area (Å²) in [5, 5.41) is 0.779. The van der Waals surface area contributed by atoms with E-state index in [4.69, 9.17) is 0 Å². The number of sulfonamides is 1. The molecule has 6 nitrogen and oxygen atoms in total. The highest BCUT2D eigenvalue weighted by Crippen LogP contribution is 2.35. The van der Waals surface area contributed by atoms with Crippen molar-refractivity contribution in [3.05, 3.63) is 58.5 Å². The number of rotatable bonds is 5. The Morgan fingerprint density at radius 1 is 1.19 bits per heavy atom. The van der Waals surface area contributed by atoms with Gasteiger partial charge in [-0.05, 0) is 67.7 Å². The molecule has 0 atom stereocenters. The van der Waals surface area contributed by atoms with Crippen molar-refractivity contribution in [3.63, 3.8) is 0 Å². The Morgan fingerprint density at radius 3 is 2.58 bits per heavy atom. The van der Waals surface area contributed by atoms with Crippen molar-refractivity contribution in [2.75, 3.05) is 0 Å².